The topological polar surface area (TPSA) is 84.5 Å². The van der Waals surface area contributed by atoms with Gasteiger partial charge in [-0.3, -0.25) is 4.79 Å². The summed E-state index contributed by atoms with van der Waals surface area (Å²) in [4.78, 5) is 12.2. The van der Waals surface area contributed by atoms with Gasteiger partial charge in [0.2, 0.25) is 15.9 Å². The van der Waals surface area contributed by atoms with Crippen LogP contribution in [0.3, 0.4) is 0 Å². The van der Waals surface area contributed by atoms with Crippen molar-refractivity contribution in [3.05, 3.63) is 52.0 Å². The molecule has 0 saturated heterocycles. The predicted octanol–water partition coefficient (Wildman–Crippen LogP) is 3.19. The number of ether oxygens (including phenoxy) is 1. The van der Waals surface area contributed by atoms with E-state index < -0.39 is 22.5 Å². The molecule has 8 heteroatoms. The molecule has 0 radical (unpaired) electrons. The molecule has 2 N–H and O–H groups in total. The molecule has 0 bridgehead atoms. The first kappa shape index (κ1) is 20.2. The summed E-state index contributed by atoms with van der Waals surface area (Å²) in [5, 5.41) is 3.05. The number of methoxy groups -OCH3 is 1. The van der Waals surface area contributed by atoms with E-state index in [1.165, 1.54) is 13.2 Å². The summed E-state index contributed by atoms with van der Waals surface area (Å²) in [6, 6.07) is 8.22. The Morgan fingerprint density at radius 3 is 2.38 bits per heavy atom. The molecular formula is C18H21ClN2O4S. The molecule has 0 fully saturated rings. The van der Waals surface area contributed by atoms with Crippen LogP contribution in [0, 0.1) is 20.8 Å². The van der Waals surface area contributed by atoms with Crippen LogP contribution in [0.4, 0.5) is 5.69 Å². The molecule has 6 nitrogen and oxygen atoms in total. The van der Waals surface area contributed by atoms with E-state index in [0.29, 0.717) is 22.0 Å². The highest BCUT2D eigenvalue weighted by Gasteiger charge is 2.19. The molecule has 0 spiro atoms. The average molecular weight is 397 g/mol. The van der Waals surface area contributed by atoms with E-state index in [2.05, 4.69) is 10.0 Å². The summed E-state index contributed by atoms with van der Waals surface area (Å²) in [7, 11) is -2.33. The van der Waals surface area contributed by atoms with E-state index >= 15 is 0 Å². The predicted molar refractivity (Wildman–Crippen MR) is 102 cm³/mol. The van der Waals surface area contributed by atoms with Crippen molar-refractivity contribution >= 4 is 33.2 Å². The SMILES string of the molecule is COc1ccc(S(=O)(=O)NCC(=O)Nc2c(C)cc(C)cc2Cl)c(C)c1. The maximum atomic E-state index is 12.4. The Bertz CT molecular complexity index is 919. The van der Waals surface area contributed by atoms with E-state index in [1.54, 1.807) is 25.1 Å². The monoisotopic (exact) mass is 396 g/mol. The lowest BCUT2D eigenvalue weighted by molar-refractivity contribution is -0.115. The molecule has 140 valence electrons. The molecule has 0 saturated carbocycles. The average Bonchev–Trinajstić information content (AvgIpc) is 2.56. The Hall–Kier alpha value is -2.09. The van der Waals surface area contributed by atoms with Crippen molar-refractivity contribution in [1.82, 2.24) is 4.72 Å². The summed E-state index contributed by atoms with van der Waals surface area (Å²) in [6.07, 6.45) is 0. The Balaban J connectivity index is 2.09. The van der Waals surface area contributed by atoms with Gasteiger partial charge in [-0.1, -0.05) is 17.7 Å². The highest BCUT2D eigenvalue weighted by atomic mass is 35.5. The van der Waals surface area contributed by atoms with Crippen molar-refractivity contribution in [2.45, 2.75) is 25.7 Å². The number of sulfonamides is 1. The molecule has 1 amide bonds. The van der Waals surface area contributed by atoms with Crippen molar-refractivity contribution in [3.63, 3.8) is 0 Å². The third-order valence-corrected chi connectivity index (χ3v) is 5.65. The minimum atomic E-state index is -3.83. The molecule has 0 aliphatic heterocycles. The van der Waals surface area contributed by atoms with Gasteiger partial charge in [0.1, 0.15) is 5.75 Å². The first-order valence-electron chi connectivity index (χ1n) is 7.85. The normalized spacial score (nSPS) is 11.3. The number of amides is 1. The largest absolute Gasteiger partial charge is 0.497 e. The van der Waals surface area contributed by atoms with Crippen molar-refractivity contribution in [1.29, 1.82) is 0 Å². The number of rotatable bonds is 6. The van der Waals surface area contributed by atoms with Crippen LogP contribution in [0.1, 0.15) is 16.7 Å². The third kappa shape index (κ3) is 4.75. The van der Waals surface area contributed by atoms with Crippen LogP contribution in [-0.4, -0.2) is 28.0 Å². The van der Waals surface area contributed by atoms with Crippen LogP contribution < -0.4 is 14.8 Å². The summed E-state index contributed by atoms with van der Waals surface area (Å²) in [5.41, 5.74) is 2.77. The Kier molecular flexibility index (Phi) is 6.28. The van der Waals surface area contributed by atoms with E-state index in [4.69, 9.17) is 16.3 Å². The Morgan fingerprint density at radius 2 is 1.81 bits per heavy atom. The lowest BCUT2D eigenvalue weighted by Crippen LogP contribution is -2.33. The molecule has 0 aliphatic carbocycles. The zero-order chi connectivity index (χ0) is 19.5. The van der Waals surface area contributed by atoms with Crippen molar-refractivity contribution in [2.75, 3.05) is 19.0 Å². The Labute approximate surface area is 158 Å². The highest BCUT2D eigenvalue weighted by Crippen LogP contribution is 2.27. The van der Waals surface area contributed by atoms with Gasteiger partial charge in [-0.15, -0.1) is 0 Å². The molecule has 0 atom stereocenters. The fourth-order valence-corrected chi connectivity index (χ4v) is 4.12. The van der Waals surface area contributed by atoms with Gasteiger partial charge in [-0.05, 0) is 61.7 Å². The highest BCUT2D eigenvalue weighted by molar-refractivity contribution is 7.89. The fraction of sp³-hybridized carbons (Fsp3) is 0.278. The van der Waals surface area contributed by atoms with E-state index in [0.717, 1.165) is 11.1 Å². The fourth-order valence-electron chi connectivity index (χ4n) is 2.55. The summed E-state index contributed by atoms with van der Waals surface area (Å²) in [6.45, 7) is 4.97. The standard InChI is InChI=1S/C18H21ClN2O4S/c1-11-7-13(3)18(15(19)8-11)21-17(22)10-20-26(23,24)16-6-5-14(25-4)9-12(16)2/h5-9,20H,10H2,1-4H3,(H,21,22). The molecule has 2 rings (SSSR count). The van der Waals surface area contributed by atoms with Gasteiger partial charge in [0.25, 0.3) is 0 Å². The molecular weight excluding hydrogens is 376 g/mol. The summed E-state index contributed by atoms with van der Waals surface area (Å²) in [5.74, 6) is 0.0530. The van der Waals surface area contributed by atoms with Crippen LogP contribution in [0.25, 0.3) is 0 Å². The van der Waals surface area contributed by atoms with Crippen molar-refractivity contribution in [2.24, 2.45) is 0 Å². The van der Waals surface area contributed by atoms with Gasteiger partial charge in [-0.25, -0.2) is 13.1 Å². The zero-order valence-corrected chi connectivity index (χ0v) is 16.6. The smallest absolute Gasteiger partial charge is 0.241 e. The number of benzene rings is 2. The second-order valence-corrected chi connectivity index (χ2v) is 8.09. The van der Waals surface area contributed by atoms with E-state index in [9.17, 15) is 13.2 Å². The quantitative estimate of drug-likeness (QED) is 0.785. The molecule has 0 aromatic heterocycles. The van der Waals surface area contributed by atoms with Crippen LogP contribution >= 0.6 is 11.6 Å². The first-order chi connectivity index (χ1) is 12.1. The van der Waals surface area contributed by atoms with Crippen LogP contribution in [0.5, 0.6) is 5.75 Å². The molecule has 26 heavy (non-hydrogen) atoms. The van der Waals surface area contributed by atoms with Gasteiger partial charge in [-0.2, -0.15) is 0 Å². The molecule has 2 aromatic carbocycles. The second kappa shape index (κ2) is 8.07. The number of nitrogens with one attached hydrogen (secondary N) is 2. The number of anilines is 1. The number of hydrogen-bond acceptors (Lipinski definition) is 4. The maximum absolute atomic E-state index is 12.4. The molecule has 0 unspecified atom stereocenters. The van der Waals surface area contributed by atoms with Gasteiger partial charge in [0.05, 0.1) is 29.3 Å². The van der Waals surface area contributed by atoms with E-state index in [1.807, 2.05) is 19.9 Å². The van der Waals surface area contributed by atoms with Gasteiger partial charge in [0.15, 0.2) is 0 Å². The summed E-state index contributed by atoms with van der Waals surface area (Å²) >= 11 is 6.15. The zero-order valence-electron chi connectivity index (χ0n) is 15.0. The number of aryl methyl sites for hydroxylation is 3. The Morgan fingerprint density at radius 1 is 1.12 bits per heavy atom. The van der Waals surface area contributed by atoms with Gasteiger partial charge >= 0.3 is 0 Å². The summed E-state index contributed by atoms with van der Waals surface area (Å²) < 4.78 is 32.2. The van der Waals surface area contributed by atoms with Gasteiger partial charge < -0.3 is 10.1 Å². The minimum absolute atomic E-state index is 0.0932. The third-order valence-electron chi connectivity index (χ3n) is 3.79. The molecule has 0 heterocycles. The maximum Gasteiger partial charge on any atom is 0.241 e. The van der Waals surface area contributed by atoms with Crippen LogP contribution in [0.15, 0.2) is 35.2 Å². The number of carbonyl (C=O) groups is 1. The van der Waals surface area contributed by atoms with E-state index in [-0.39, 0.29) is 4.90 Å². The molecule has 2 aromatic rings. The number of halogens is 1. The molecule has 0 aliphatic rings. The van der Waals surface area contributed by atoms with Crippen LogP contribution in [-0.2, 0) is 14.8 Å². The second-order valence-electron chi connectivity index (χ2n) is 5.94. The lowest BCUT2D eigenvalue weighted by atomic mass is 10.1. The van der Waals surface area contributed by atoms with Crippen LogP contribution in [0.2, 0.25) is 5.02 Å². The number of hydrogen-bond donors (Lipinski definition) is 2. The number of carbonyl (C=O) groups excluding carboxylic acids is 1. The van der Waals surface area contributed by atoms with Gasteiger partial charge in [0, 0.05) is 0 Å². The van der Waals surface area contributed by atoms with Crippen molar-refractivity contribution in [3.8, 4) is 5.75 Å². The van der Waals surface area contributed by atoms with Crippen molar-refractivity contribution < 1.29 is 17.9 Å². The minimum Gasteiger partial charge on any atom is -0.497 e. The lowest BCUT2D eigenvalue weighted by Gasteiger charge is -2.13. The first-order valence-corrected chi connectivity index (χ1v) is 9.71.